The van der Waals surface area contributed by atoms with Crippen LogP contribution in [0.3, 0.4) is 0 Å². The summed E-state index contributed by atoms with van der Waals surface area (Å²) in [6.07, 6.45) is 7.15. The summed E-state index contributed by atoms with van der Waals surface area (Å²) >= 11 is 0. The number of carbonyl (C=O) groups is 2. The average Bonchev–Trinajstić information content (AvgIpc) is 2.60. The maximum atomic E-state index is 12.8. The van der Waals surface area contributed by atoms with Gasteiger partial charge in [0.15, 0.2) is 12.4 Å². The van der Waals surface area contributed by atoms with E-state index in [1.54, 1.807) is 0 Å². The van der Waals surface area contributed by atoms with Crippen molar-refractivity contribution in [3.05, 3.63) is 29.8 Å². The molecule has 0 aliphatic heterocycles. The van der Waals surface area contributed by atoms with E-state index in [1.165, 1.54) is 24.8 Å². The van der Waals surface area contributed by atoms with Crippen LogP contribution in [0.2, 0.25) is 0 Å². The molecule has 0 N–H and O–H groups in total. The van der Waals surface area contributed by atoms with Gasteiger partial charge < -0.3 is 9.47 Å². The Bertz CT molecular complexity index is 641. The first kappa shape index (κ1) is 17.6. The normalized spacial score (nSPS) is 31.7. The molecule has 4 fully saturated rings. The molecule has 0 spiro atoms. The molecule has 4 aliphatic carbocycles. The van der Waals surface area contributed by atoms with Crippen molar-refractivity contribution in [2.24, 2.45) is 23.2 Å². The molecule has 26 heavy (non-hydrogen) atoms. The molecule has 0 saturated heterocycles. The topological polar surface area (TPSA) is 52.6 Å². The third-order valence-electron chi connectivity index (χ3n) is 6.59. The Morgan fingerprint density at radius 3 is 2.15 bits per heavy atom. The smallest absolute Gasteiger partial charge is 0.309 e. The summed E-state index contributed by atoms with van der Waals surface area (Å²) in [5.41, 5.74) is 0.980. The van der Waals surface area contributed by atoms with Crippen LogP contribution in [0.4, 0.5) is 0 Å². The lowest BCUT2D eigenvalue weighted by molar-refractivity contribution is -0.158. The summed E-state index contributed by atoms with van der Waals surface area (Å²) in [4.78, 5) is 24.8. The highest BCUT2D eigenvalue weighted by molar-refractivity contribution is 5.88. The van der Waals surface area contributed by atoms with Crippen molar-refractivity contribution in [3.8, 4) is 5.75 Å². The van der Waals surface area contributed by atoms with Gasteiger partial charge in [-0.05, 0) is 75.3 Å². The molecular weight excluding hydrogens is 328 g/mol. The van der Waals surface area contributed by atoms with Crippen molar-refractivity contribution in [1.29, 1.82) is 0 Å². The summed E-state index contributed by atoms with van der Waals surface area (Å²) in [5.74, 6) is 2.73. The van der Waals surface area contributed by atoms with Gasteiger partial charge in [-0.3, -0.25) is 9.59 Å². The number of hydrogen-bond donors (Lipinski definition) is 0. The van der Waals surface area contributed by atoms with Gasteiger partial charge in [-0.2, -0.15) is 0 Å². The van der Waals surface area contributed by atoms with Crippen molar-refractivity contribution < 1.29 is 19.1 Å². The summed E-state index contributed by atoms with van der Waals surface area (Å²) in [6.45, 7) is 2.23. The number of Topliss-reactive ketones (excluding diaryl/α,β-unsaturated/α-hetero) is 1. The fraction of sp³-hybridized carbons (Fsp3) is 0.636. The van der Waals surface area contributed by atoms with Crippen molar-refractivity contribution in [1.82, 2.24) is 0 Å². The molecule has 140 valence electrons. The zero-order valence-electron chi connectivity index (χ0n) is 15.5. The lowest BCUT2D eigenvalue weighted by Gasteiger charge is -2.55. The number of aryl methyl sites for hydroxylation is 1. The van der Waals surface area contributed by atoms with E-state index in [2.05, 4.69) is 0 Å². The number of ether oxygens (including phenoxy) is 2. The summed E-state index contributed by atoms with van der Waals surface area (Å²) in [5, 5.41) is 0. The predicted molar refractivity (Wildman–Crippen MR) is 97.9 cm³/mol. The third kappa shape index (κ3) is 3.65. The van der Waals surface area contributed by atoms with Crippen LogP contribution in [-0.4, -0.2) is 25.0 Å². The fourth-order valence-corrected chi connectivity index (χ4v) is 5.71. The highest BCUT2D eigenvalue weighted by Crippen LogP contribution is 2.60. The standard InChI is InChI=1S/C22H28O4/c1-15-2-4-19(5-3-15)25-7-6-21(24)26-14-20(23)22-11-16-8-17(12-22)10-18(9-16)13-22/h2-5,16-18H,6-14H2,1H3. The van der Waals surface area contributed by atoms with Gasteiger partial charge in [-0.1, -0.05) is 17.7 Å². The number of rotatable bonds is 7. The number of ketones is 1. The second-order valence-corrected chi connectivity index (χ2v) is 8.69. The van der Waals surface area contributed by atoms with E-state index >= 15 is 0 Å². The maximum Gasteiger partial charge on any atom is 0.309 e. The quantitative estimate of drug-likeness (QED) is 0.691. The Hall–Kier alpha value is -1.84. The summed E-state index contributed by atoms with van der Waals surface area (Å²) < 4.78 is 10.8. The average molecular weight is 356 g/mol. The van der Waals surface area contributed by atoms with Gasteiger partial charge in [0, 0.05) is 5.41 Å². The van der Waals surface area contributed by atoms with Crippen LogP contribution in [-0.2, 0) is 14.3 Å². The lowest BCUT2D eigenvalue weighted by Crippen LogP contribution is -2.51. The van der Waals surface area contributed by atoms with Crippen LogP contribution in [0.1, 0.15) is 50.5 Å². The molecule has 0 unspecified atom stereocenters. The minimum atomic E-state index is -0.352. The van der Waals surface area contributed by atoms with Crippen molar-refractivity contribution in [2.75, 3.05) is 13.2 Å². The molecule has 0 aromatic heterocycles. The van der Waals surface area contributed by atoms with Crippen LogP contribution in [0, 0.1) is 30.1 Å². The summed E-state index contributed by atoms with van der Waals surface area (Å²) in [6, 6.07) is 7.71. The number of carbonyl (C=O) groups excluding carboxylic acids is 2. The van der Waals surface area contributed by atoms with E-state index in [4.69, 9.17) is 9.47 Å². The second-order valence-electron chi connectivity index (χ2n) is 8.69. The van der Waals surface area contributed by atoms with Gasteiger partial charge in [0.2, 0.25) is 0 Å². The van der Waals surface area contributed by atoms with Gasteiger partial charge in [0.25, 0.3) is 0 Å². The molecule has 4 saturated carbocycles. The Morgan fingerprint density at radius 1 is 1.00 bits per heavy atom. The monoisotopic (exact) mass is 356 g/mol. The second kappa shape index (κ2) is 7.05. The number of hydrogen-bond acceptors (Lipinski definition) is 4. The van der Waals surface area contributed by atoms with E-state index in [0.717, 1.165) is 42.8 Å². The van der Waals surface area contributed by atoms with Gasteiger partial charge in [-0.25, -0.2) is 0 Å². The van der Waals surface area contributed by atoms with Gasteiger partial charge in [0.05, 0.1) is 13.0 Å². The van der Waals surface area contributed by atoms with Crippen molar-refractivity contribution >= 4 is 11.8 Å². The Morgan fingerprint density at radius 2 is 1.58 bits per heavy atom. The van der Waals surface area contributed by atoms with E-state index in [9.17, 15) is 9.59 Å². The Labute approximate surface area is 155 Å². The molecule has 4 aliphatic rings. The van der Waals surface area contributed by atoms with Crippen LogP contribution >= 0.6 is 0 Å². The van der Waals surface area contributed by atoms with E-state index < -0.39 is 0 Å². The first-order valence-electron chi connectivity index (χ1n) is 9.91. The predicted octanol–water partition coefficient (Wildman–Crippen LogP) is 4.09. The SMILES string of the molecule is Cc1ccc(OCCC(=O)OCC(=O)C23CC4CC(CC(C4)C2)C3)cc1. The maximum absolute atomic E-state index is 12.8. The zero-order valence-corrected chi connectivity index (χ0v) is 15.5. The van der Waals surface area contributed by atoms with Crippen LogP contribution in [0.25, 0.3) is 0 Å². The van der Waals surface area contributed by atoms with Crippen LogP contribution < -0.4 is 4.74 Å². The molecule has 1 aromatic carbocycles. The van der Waals surface area contributed by atoms with Crippen LogP contribution in [0.15, 0.2) is 24.3 Å². The fourth-order valence-electron chi connectivity index (χ4n) is 5.71. The molecule has 4 nitrogen and oxygen atoms in total. The molecule has 0 heterocycles. The first-order chi connectivity index (χ1) is 12.5. The number of benzene rings is 1. The van der Waals surface area contributed by atoms with Gasteiger partial charge in [0.1, 0.15) is 5.75 Å². The van der Waals surface area contributed by atoms with Gasteiger partial charge in [-0.15, -0.1) is 0 Å². The molecule has 4 heteroatoms. The molecule has 1 aromatic rings. The highest BCUT2D eigenvalue weighted by Gasteiger charge is 2.54. The Kier molecular flexibility index (Phi) is 4.76. The van der Waals surface area contributed by atoms with E-state index in [-0.39, 0.29) is 36.8 Å². The lowest BCUT2D eigenvalue weighted by atomic mass is 9.48. The van der Waals surface area contributed by atoms with Gasteiger partial charge >= 0.3 is 5.97 Å². The molecule has 4 bridgehead atoms. The molecular formula is C22H28O4. The third-order valence-corrected chi connectivity index (χ3v) is 6.59. The van der Waals surface area contributed by atoms with Crippen molar-refractivity contribution in [2.45, 2.75) is 51.9 Å². The minimum absolute atomic E-state index is 0.0600. The first-order valence-corrected chi connectivity index (χ1v) is 9.91. The zero-order chi connectivity index (χ0) is 18.1. The molecule has 5 rings (SSSR count). The van der Waals surface area contributed by atoms with Crippen molar-refractivity contribution in [3.63, 3.8) is 0 Å². The largest absolute Gasteiger partial charge is 0.493 e. The Balaban J connectivity index is 1.22. The molecule has 0 radical (unpaired) electrons. The minimum Gasteiger partial charge on any atom is -0.493 e. The summed E-state index contributed by atoms with van der Waals surface area (Å²) in [7, 11) is 0. The van der Waals surface area contributed by atoms with E-state index in [0.29, 0.717) is 0 Å². The van der Waals surface area contributed by atoms with E-state index in [1.807, 2.05) is 31.2 Å². The highest BCUT2D eigenvalue weighted by atomic mass is 16.5. The molecule has 0 atom stereocenters. The molecule has 0 amide bonds. The number of esters is 1. The van der Waals surface area contributed by atoms with Crippen LogP contribution in [0.5, 0.6) is 5.75 Å².